The molecular weight excluding hydrogens is 678 g/mol. The highest BCUT2D eigenvalue weighted by Gasteiger charge is 2.53. The van der Waals surface area contributed by atoms with Crippen molar-refractivity contribution < 1.29 is 47.5 Å². The summed E-state index contributed by atoms with van der Waals surface area (Å²) in [7, 11) is 9.17. The largest absolute Gasteiger partial charge is 0.462 e. The molecular formula is C42H65NO10. The first kappa shape index (κ1) is 39.5. The summed E-state index contributed by atoms with van der Waals surface area (Å²) < 4.78 is 49.8. The fourth-order valence-electron chi connectivity index (χ4n) is 10.9. The minimum Gasteiger partial charge on any atom is -0.462 e. The van der Waals surface area contributed by atoms with Gasteiger partial charge in [-0.05, 0) is 121 Å². The van der Waals surface area contributed by atoms with E-state index in [1.165, 1.54) is 0 Å². The zero-order chi connectivity index (χ0) is 37.6. The number of methoxy groups -OCH3 is 3. The number of cyclic esters (lactones) is 1. The van der Waals surface area contributed by atoms with Crippen molar-refractivity contribution >= 4 is 11.8 Å². The molecule has 0 aromatic heterocycles. The minimum absolute atomic E-state index is 0.0424. The highest BCUT2D eigenvalue weighted by atomic mass is 16.7. The predicted octanol–water partition coefficient (Wildman–Crippen LogP) is 5.49. The maximum atomic E-state index is 14.7. The van der Waals surface area contributed by atoms with Crippen molar-refractivity contribution in [2.45, 2.75) is 152 Å². The maximum Gasteiger partial charge on any atom is 0.306 e. The molecule has 3 aliphatic heterocycles. The van der Waals surface area contributed by atoms with E-state index in [-0.39, 0.29) is 96.8 Å². The van der Waals surface area contributed by atoms with E-state index in [4.69, 9.17) is 37.9 Å². The number of ether oxygens (including phenoxy) is 8. The summed E-state index contributed by atoms with van der Waals surface area (Å²) >= 11 is 0. The average Bonchev–Trinajstić information content (AvgIpc) is 3.80. The van der Waals surface area contributed by atoms with Gasteiger partial charge in [-0.2, -0.15) is 0 Å². The van der Waals surface area contributed by atoms with Crippen molar-refractivity contribution in [1.29, 1.82) is 0 Å². The van der Waals surface area contributed by atoms with Crippen LogP contribution in [0.5, 0.6) is 0 Å². The predicted molar refractivity (Wildman–Crippen MR) is 197 cm³/mol. The van der Waals surface area contributed by atoms with Gasteiger partial charge >= 0.3 is 5.97 Å². The number of allylic oxidation sites excluding steroid dienone is 4. The molecule has 7 aliphatic rings. The molecule has 0 aromatic rings. The van der Waals surface area contributed by atoms with Gasteiger partial charge in [-0.3, -0.25) is 9.59 Å². The number of carbonyl (C=O) groups is 2. The van der Waals surface area contributed by atoms with Gasteiger partial charge in [0.05, 0.1) is 30.8 Å². The van der Waals surface area contributed by atoms with Crippen molar-refractivity contribution in [1.82, 2.24) is 4.90 Å². The number of ketones is 1. The van der Waals surface area contributed by atoms with Gasteiger partial charge in [0.1, 0.15) is 24.4 Å². The Morgan fingerprint density at radius 2 is 1.53 bits per heavy atom. The number of rotatable bonds is 9. The highest BCUT2D eigenvalue weighted by molar-refractivity contribution is 5.99. The molecule has 298 valence electrons. The van der Waals surface area contributed by atoms with Gasteiger partial charge in [-0.15, -0.1) is 0 Å². The van der Waals surface area contributed by atoms with E-state index < -0.39 is 12.4 Å². The van der Waals surface area contributed by atoms with E-state index in [2.05, 4.69) is 44.1 Å². The van der Waals surface area contributed by atoms with Gasteiger partial charge in [0.15, 0.2) is 18.4 Å². The summed E-state index contributed by atoms with van der Waals surface area (Å²) in [4.78, 5) is 30.6. The Hall–Kier alpha value is -1.70. The van der Waals surface area contributed by atoms with Crippen molar-refractivity contribution in [2.24, 2.45) is 41.4 Å². The van der Waals surface area contributed by atoms with Gasteiger partial charge in [0, 0.05) is 39.2 Å². The van der Waals surface area contributed by atoms with E-state index in [0.717, 1.165) is 63.4 Å². The second-order valence-corrected chi connectivity index (χ2v) is 17.3. The Labute approximate surface area is 316 Å². The Morgan fingerprint density at radius 1 is 0.774 bits per heavy atom. The molecule has 7 rings (SSSR count). The zero-order valence-corrected chi connectivity index (χ0v) is 33.2. The standard InChI is InChI=1S/C42H65NO10/c1-22-34(53-37-17-16-33(43(4)5)23(2)49-37)10-9-11-35(25-12-13-25)52-36(44)21-31-28-15-14-26-18-27(19-29(26)30(28)20-32(31)38(22)45)51-42-41(48-8)40(47-7)39(46-6)24(3)50-42/h14-15,20,22-31,33-35,37,39-42H,9-13,16-19,21H2,1-8H3. The van der Waals surface area contributed by atoms with Crippen LogP contribution in [-0.4, -0.2) is 120 Å². The fraction of sp³-hybridized carbons (Fsp3) is 0.857. The minimum atomic E-state index is -0.591. The third-order valence-corrected chi connectivity index (χ3v) is 13.9. The maximum absolute atomic E-state index is 14.7. The molecule has 3 heterocycles. The molecule has 17 atom stereocenters. The van der Waals surface area contributed by atoms with Crippen LogP contribution in [0.2, 0.25) is 0 Å². The summed E-state index contributed by atoms with van der Waals surface area (Å²) in [5, 5.41) is 0. The Balaban J connectivity index is 1.10. The third kappa shape index (κ3) is 8.24. The number of Topliss-reactive ketones (excluding diaryl/α,β-unsaturated/α-hetero) is 1. The normalized spacial score (nSPS) is 46.5. The van der Waals surface area contributed by atoms with Gasteiger partial charge < -0.3 is 42.8 Å². The van der Waals surface area contributed by atoms with Gasteiger partial charge in [-0.25, -0.2) is 0 Å². The van der Waals surface area contributed by atoms with Crippen LogP contribution in [-0.2, 0) is 47.5 Å². The summed E-state index contributed by atoms with van der Waals surface area (Å²) in [5.74, 6) is 0.554. The van der Waals surface area contributed by atoms with Crippen LogP contribution in [0.15, 0.2) is 23.8 Å². The van der Waals surface area contributed by atoms with E-state index in [0.29, 0.717) is 17.9 Å². The molecule has 3 saturated heterocycles. The van der Waals surface area contributed by atoms with Crippen LogP contribution in [0.4, 0.5) is 0 Å². The van der Waals surface area contributed by atoms with Crippen LogP contribution in [0, 0.1) is 41.4 Å². The quantitative estimate of drug-likeness (QED) is 0.221. The van der Waals surface area contributed by atoms with E-state index in [9.17, 15) is 9.59 Å². The molecule has 17 unspecified atom stereocenters. The smallest absolute Gasteiger partial charge is 0.306 e. The van der Waals surface area contributed by atoms with Crippen molar-refractivity contribution in [3.05, 3.63) is 23.8 Å². The van der Waals surface area contributed by atoms with Crippen LogP contribution in [0.3, 0.4) is 0 Å². The van der Waals surface area contributed by atoms with Crippen molar-refractivity contribution in [2.75, 3.05) is 35.4 Å². The van der Waals surface area contributed by atoms with Crippen molar-refractivity contribution in [3.63, 3.8) is 0 Å². The molecule has 5 fully saturated rings. The first-order chi connectivity index (χ1) is 25.5. The van der Waals surface area contributed by atoms with E-state index in [1.807, 2.05) is 13.8 Å². The molecule has 0 spiro atoms. The number of hydrogen-bond acceptors (Lipinski definition) is 11. The Kier molecular flexibility index (Phi) is 12.5. The van der Waals surface area contributed by atoms with Crippen LogP contribution in [0.25, 0.3) is 0 Å². The molecule has 0 radical (unpaired) electrons. The van der Waals surface area contributed by atoms with E-state index in [1.54, 1.807) is 21.3 Å². The van der Waals surface area contributed by atoms with Crippen molar-refractivity contribution in [3.8, 4) is 0 Å². The van der Waals surface area contributed by atoms with Crippen LogP contribution >= 0.6 is 0 Å². The number of carbonyl (C=O) groups excluding carboxylic acids is 2. The molecule has 0 amide bonds. The fourth-order valence-corrected chi connectivity index (χ4v) is 10.9. The van der Waals surface area contributed by atoms with Gasteiger partial charge in [0.25, 0.3) is 0 Å². The summed E-state index contributed by atoms with van der Waals surface area (Å²) in [6, 6.07) is 0.342. The molecule has 0 bridgehead atoms. The average molecular weight is 744 g/mol. The number of nitrogens with zero attached hydrogens (tertiary/aromatic N) is 1. The van der Waals surface area contributed by atoms with Gasteiger partial charge in [0.2, 0.25) is 0 Å². The molecule has 53 heavy (non-hydrogen) atoms. The lowest BCUT2D eigenvalue weighted by molar-refractivity contribution is -0.314. The second-order valence-electron chi connectivity index (χ2n) is 17.3. The summed E-state index contributed by atoms with van der Waals surface area (Å²) in [6.07, 6.45) is 12.6. The van der Waals surface area contributed by atoms with Crippen LogP contribution < -0.4 is 0 Å². The SMILES string of the molecule is COC1C(C)OC(OC2CC3C=CC4C5CC(=O)OC(C6CC6)CCCC(OC6CCC(N(C)C)C(C)O6)C(C)C(=O)C5=CC4C3C2)C(OC)C1OC. The van der Waals surface area contributed by atoms with E-state index >= 15 is 0 Å². The topological polar surface area (TPSA) is 111 Å². The number of fused-ring (bicyclic) bond motifs is 5. The number of hydrogen-bond donors (Lipinski definition) is 0. The lowest BCUT2D eigenvalue weighted by Gasteiger charge is -2.44. The van der Waals surface area contributed by atoms with Crippen LogP contribution in [0.1, 0.15) is 85.0 Å². The number of esters is 1. The Bertz CT molecular complexity index is 1350. The summed E-state index contributed by atoms with van der Waals surface area (Å²) in [5.41, 5.74) is 0.777. The molecule has 2 saturated carbocycles. The lowest BCUT2D eigenvalue weighted by atomic mass is 9.70. The first-order valence-corrected chi connectivity index (χ1v) is 20.5. The molecule has 0 N–H and O–H groups in total. The number of likely N-dealkylation sites (N-methyl/N-ethyl adjacent to an activating group) is 1. The second kappa shape index (κ2) is 16.8. The zero-order valence-electron chi connectivity index (χ0n) is 33.2. The lowest BCUT2D eigenvalue weighted by Crippen LogP contribution is -2.59. The highest BCUT2D eigenvalue weighted by Crippen LogP contribution is 2.54. The molecule has 4 aliphatic carbocycles. The summed E-state index contributed by atoms with van der Waals surface area (Å²) in [6.45, 7) is 6.12. The molecule has 11 nitrogen and oxygen atoms in total. The first-order valence-electron chi connectivity index (χ1n) is 20.5. The Morgan fingerprint density at radius 3 is 2.21 bits per heavy atom. The third-order valence-electron chi connectivity index (χ3n) is 13.9. The molecule has 0 aromatic carbocycles. The monoisotopic (exact) mass is 743 g/mol. The molecule has 11 heteroatoms. The van der Waals surface area contributed by atoms with Gasteiger partial charge in [-0.1, -0.05) is 25.2 Å².